The van der Waals surface area contributed by atoms with Crippen molar-refractivity contribution in [2.24, 2.45) is 0 Å². The summed E-state index contributed by atoms with van der Waals surface area (Å²) < 4.78 is 5.54. The molecule has 2 N–H and O–H groups in total. The van der Waals surface area contributed by atoms with Crippen molar-refractivity contribution >= 4 is 0 Å². The van der Waals surface area contributed by atoms with E-state index < -0.39 is 0 Å². The van der Waals surface area contributed by atoms with Crippen LogP contribution in [0.1, 0.15) is 45.4 Å². The lowest BCUT2D eigenvalue weighted by atomic mass is 10.1. The summed E-state index contributed by atoms with van der Waals surface area (Å²) in [4.78, 5) is 0. The Morgan fingerprint density at radius 3 is 3.07 bits per heavy atom. The summed E-state index contributed by atoms with van der Waals surface area (Å²) >= 11 is 0. The fourth-order valence-corrected chi connectivity index (χ4v) is 2.03. The molecule has 0 bridgehead atoms. The molecule has 0 spiro atoms. The van der Waals surface area contributed by atoms with E-state index in [9.17, 15) is 5.11 Å². The van der Waals surface area contributed by atoms with Crippen molar-refractivity contribution in [3.63, 3.8) is 0 Å². The molecule has 1 heterocycles. The van der Waals surface area contributed by atoms with Crippen LogP contribution in [-0.2, 0) is 4.74 Å². The lowest BCUT2D eigenvalue weighted by Gasteiger charge is -2.12. The van der Waals surface area contributed by atoms with E-state index in [4.69, 9.17) is 4.74 Å². The smallest absolute Gasteiger partial charge is 0.0664 e. The third-order valence-electron chi connectivity index (χ3n) is 2.91. The Kier molecular flexibility index (Phi) is 6.98. The largest absolute Gasteiger partial charge is 0.392 e. The molecule has 0 saturated carbocycles. The summed E-state index contributed by atoms with van der Waals surface area (Å²) in [5, 5.41) is 12.8. The monoisotopic (exact) mass is 215 g/mol. The van der Waals surface area contributed by atoms with Gasteiger partial charge in [0.15, 0.2) is 0 Å². The molecule has 90 valence electrons. The number of nitrogens with one attached hydrogen (secondary N) is 1. The second-order valence-corrected chi connectivity index (χ2v) is 4.42. The number of hydrogen-bond donors (Lipinski definition) is 2. The third-order valence-corrected chi connectivity index (χ3v) is 2.91. The summed E-state index contributed by atoms with van der Waals surface area (Å²) in [6.45, 7) is 4.79. The average Bonchev–Trinajstić information content (AvgIpc) is 2.70. The lowest BCUT2D eigenvalue weighted by Crippen LogP contribution is -2.27. The van der Waals surface area contributed by atoms with Gasteiger partial charge in [0.2, 0.25) is 0 Å². The van der Waals surface area contributed by atoms with E-state index >= 15 is 0 Å². The molecule has 15 heavy (non-hydrogen) atoms. The van der Waals surface area contributed by atoms with Gasteiger partial charge in [0, 0.05) is 13.2 Å². The summed E-state index contributed by atoms with van der Waals surface area (Å²) in [6, 6.07) is 0. The molecule has 0 aliphatic carbocycles. The van der Waals surface area contributed by atoms with Gasteiger partial charge in [-0.15, -0.1) is 0 Å². The number of rotatable bonds is 8. The van der Waals surface area contributed by atoms with Gasteiger partial charge in [0.1, 0.15) is 0 Å². The molecule has 3 heteroatoms. The van der Waals surface area contributed by atoms with Crippen molar-refractivity contribution in [1.82, 2.24) is 5.32 Å². The first-order chi connectivity index (χ1) is 7.33. The molecule has 0 amide bonds. The fourth-order valence-electron chi connectivity index (χ4n) is 2.03. The number of aliphatic hydroxyl groups is 1. The summed E-state index contributed by atoms with van der Waals surface area (Å²) in [5.74, 6) is 0. The van der Waals surface area contributed by atoms with Crippen LogP contribution in [0.4, 0.5) is 0 Å². The van der Waals surface area contributed by atoms with E-state index in [2.05, 4.69) is 12.2 Å². The van der Waals surface area contributed by atoms with Crippen LogP contribution in [0.2, 0.25) is 0 Å². The van der Waals surface area contributed by atoms with Gasteiger partial charge in [-0.2, -0.15) is 0 Å². The first-order valence-electron chi connectivity index (χ1n) is 6.33. The van der Waals surface area contributed by atoms with Crippen molar-refractivity contribution < 1.29 is 9.84 Å². The van der Waals surface area contributed by atoms with Crippen LogP contribution in [0.15, 0.2) is 0 Å². The maximum Gasteiger partial charge on any atom is 0.0664 e. The lowest BCUT2D eigenvalue weighted by molar-refractivity contribution is 0.102. The van der Waals surface area contributed by atoms with Gasteiger partial charge in [-0.25, -0.2) is 0 Å². The second-order valence-electron chi connectivity index (χ2n) is 4.42. The van der Waals surface area contributed by atoms with Gasteiger partial charge >= 0.3 is 0 Å². The van der Waals surface area contributed by atoms with Gasteiger partial charge in [0.25, 0.3) is 0 Å². The van der Waals surface area contributed by atoms with Crippen molar-refractivity contribution in [1.29, 1.82) is 0 Å². The standard InChI is InChI=1S/C12H25NO2/c1-2-5-11(14)10-13-8-3-6-12-7-4-9-15-12/h11-14H,2-10H2,1H3. The predicted molar refractivity (Wildman–Crippen MR) is 62.0 cm³/mol. The van der Waals surface area contributed by atoms with Gasteiger partial charge in [-0.3, -0.25) is 0 Å². The minimum Gasteiger partial charge on any atom is -0.392 e. The topological polar surface area (TPSA) is 41.5 Å². The highest BCUT2D eigenvalue weighted by atomic mass is 16.5. The SMILES string of the molecule is CCCC(O)CNCCCC1CCCO1. The molecule has 0 aromatic heterocycles. The van der Waals surface area contributed by atoms with Gasteiger partial charge in [0.05, 0.1) is 12.2 Å². The Morgan fingerprint density at radius 2 is 2.40 bits per heavy atom. The van der Waals surface area contributed by atoms with E-state index in [0.29, 0.717) is 6.10 Å². The molecule has 1 aliphatic heterocycles. The predicted octanol–water partition coefficient (Wildman–Crippen LogP) is 1.70. The average molecular weight is 215 g/mol. The Balaban J connectivity index is 1.84. The normalized spacial score (nSPS) is 23.2. The third kappa shape index (κ3) is 6.13. The first-order valence-corrected chi connectivity index (χ1v) is 6.33. The minimum absolute atomic E-state index is 0.169. The van der Waals surface area contributed by atoms with Gasteiger partial charge in [-0.1, -0.05) is 13.3 Å². The van der Waals surface area contributed by atoms with E-state index in [1.54, 1.807) is 0 Å². The summed E-state index contributed by atoms with van der Waals surface area (Å²) in [5.41, 5.74) is 0. The van der Waals surface area contributed by atoms with Crippen LogP contribution in [0, 0.1) is 0 Å². The van der Waals surface area contributed by atoms with E-state index in [-0.39, 0.29) is 6.10 Å². The zero-order valence-corrected chi connectivity index (χ0v) is 9.87. The molecule has 1 fully saturated rings. The highest BCUT2D eigenvalue weighted by molar-refractivity contribution is 4.66. The number of ether oxygens (including phenoxy) is 1. The van der Waals surface area contributed by atoms with Gasteiger partial charge in [-0.05, 0) is 38.6 Å². The zero-order valence-electron chi connectivity index (χ0n) is 9.87. The number of hydrogen-bond acceptors (Lipinski definition) is 3. The van der Waals surface area contributed by atoms with Gasteiger partial charge < -0.3 is 15.2 Å². The Hall–Kier alpha value is -0.120. The Bertz CT molecular complexity index is 147. The summed E-state index contributed by atoms with van der Waals surface area (Å²) in [7, 11) is 0. The van der Waals surface area contributed by atoms with E-state index in [1.165, 1.54) is 12.8 Å². The van der Waals surface area contributed by atoms with Crippen molar-refractivity contribution in [3.05, 3.63) is 0 Å². The molecule has 2 unspecified atom stereocenters. The minimum atomic E-state index is -0.169. The Morgan fingerprint density at radius 1 is 1.53 bits per heavy atom. The van der Waals surface area contributed by atoms with Crippen LogP contribution in [0.5, 0.6) is 0 Å². The quantitative estimate of drug-likeness (QED) is 0.606. The molecule has 2 atom stereocenters. The molecule has 3 nitrogen and oxygen atoms in total. The molecule has 0 radical (unpaired) electrons. The van der Waals surface area contributed by atoms with Crippen LogP contribution in [-0.4, -0.2) is 37.0 Å². The van der Waals surface area contributed by atoms with E-state index in [0.717, 1.165) is 45.4 Å². The highest BCUT2D eigenvalue weighted by Gasteiger charge is 2.14. The van der Waals surface area contributed by atoms with Crippen LogP contribution in [0.3, 0.4) is 0 Å². The molecule has 1 rings (SSSR count). The maximum absolute atomic E-state index is 9.47. The Labute approximate surface area is 93.2 Å². The molecule has 1 aliphatic rings. The van der Waals surface area contributed by atoms with Crippen LogP contribution >= 0.6 is 0 Å². The van der Waals surface area contributed by atoms with Crippen molar-refractivity contribution in [3.8, 4) is 0 Å². The molecular formula is C12H25NO2. The van der Waals surface area contributed by atoms with Crippen LogP contribution in [0.25, 0.3) is 0 Å². The summed E-state index contributed by atoms with van der Waals surface area (Å²) in [6.07, 6.45) is 7.08. The zero-order chi connectivity index (χ0) is 10.9. The van der Waals surface area contributed by atoms with Crippen molar-refractivity contribution in [2.75, 3.05) is 19.7 Å². The second kappa shape index (κ2) is 8.08. The van der Waals surface area contributed by atoms with Crippen LogP contribution < -0.4 is 5.32 Å². The van der Waals surface area contributed by atoms with E-state index in [1.807, 2.05) is 0 Å². The molecule has 0 aromatic carbocycles. The molecule has 1 saturated heterocycles. The number of aliphatic hydroxyl groups excluding tert-OH is 1. The fraction of sp³-hybridized carbons (Fsp3) is 1.00. The maximum atomic E-state index is 9.47. The highest BCUT2D eigenvalue weighted by Crippen LogP contribution is 2.16. The molecule has 0 aromatic rings. The van der Waals surface area contributed by atoms with Crippen molar-refractivity contribution in [2.45, 2.75) is 57.7 Å². The molecular weight excluding hydrogens is 190 g/mol. The first kappa shape index (κ1) is 12.9.